The number of hydrogen-bond donors (Lipinski definition) is 0. The smallest absolute Gasteiger partial charge is 1.00 e. The summed E-state index contributed by atoms with van der Waals surface area (Å²) in [4.78, 5) is 0. The first-order chi connectivity index (χ1) is 0. The van der Waals surface area contributed by atoms with E-state index in [0.717, 1.165) is 0 Å². The maximum absolute atomic E-state index is 0. The third-order valence-electron chi connectivity index (χ3n) is 0. The molecule has 0 bridgehead atoms. The summed E-state index contributed by atoms with van der Waals surface area (Å²) < 4.78 is 0. The van der Waals surface area contributed by atoms with Crippen LogP contribution in [-0.4, -0.2) is 23.1 Å². The Morgan fingerprint density at radius 1 is 0.750 bits per heavy atom. The molecule has 0 aliphatic rings. The van der Waals surface area contributed by atoms with Crippen LogP contribution in [0.15, 0.2) is 0 Å². The fourth-order valence-electron chi connectivity index (χ4n) is 0. The van der Waals surface area contributed by atoms with Crippen molar-refractivity contribution in [2.45, 2.75) is 0 Å². The molecular weight excluding hydrogens is 131 g/mol. The van der Waals surface area contributed by atoms with Crippen LogP contribution in [0, 0.1) is 0 Å². The van der Waals surface area contributed by atoms with Gasteiger partial charge in [-0.3, -0.25) is 0 Å². The van der Waals surface area contributed by atoms with Crippen LogP contribution < -0.4 is 24.8 Å². The summed E-state index contributed by atoms with van der Waals surface area (Å²) in [5, 5.41) is 0. The van der Waals surface area contributed by atoms with Crippen LogP contribution in [-0.2, 0) is 0 Å². The maximum Gasteiger partial charge on any atom is 2.00 e. The summed E-state index contributed by atoms with van der Waals surface area (Å²) in [6, 6.07) is 0. The summed E-state index contributed by atoms with van der Waals surface area (Å²) in [6.07, 6.45) is 0. The molecule has 0 aliphatic heterocycles. The van der Waals surface area contributed by atoms with E-state index in [1.807, 2.05) is 0 Å². The summed E-state index contributed by atoms with van der Waals surface area (Å²) in [5.41, 5.74) is 0. The molecule has 0 aromatic rings. The van der Waals surface area contributed by atoms with E-state index in [1.54, 1.807) is 0 Å². The van der Waals surface area contributed by atoms with Gasteiger partial charge in [-0.2, -0.15) is 0 Å². The molecule has 0 fully saturated rings. The number of halogens is 3. The van der Waals surface area contributed by atoms with Crippen LogP contribution in [0.25, 0.3) is 0 Å². The van der Waals surface area contributed by atoms with Crippen molar-refractivity contribution in [2.24, 2.45) is 0 Å². The second-order valence-electron chi connectivity index (χ2n) is 0. The van der Waals surface area contributed by atoms with E-state index in [-0.39, 0.29) is 60.3 Å². The Labute approximate surface area is 60.1 Å². The molecule has 0 aromatic carbocycles. The Balaban J connectivity index is 0. The minimum atomic E-state index is 0. The zero-order valence-electron chi connectivity index (χ0n) is 1.87. The zero-order chi connectivity index (χ0) is 0. The van der Waals surface area contributed by atoms with E-state index < -0.39 is 0 Å². The quantitative estimate of drug-likeness (QED) is 0.288. The molecule has 0 atom stereocenters. The van der Waals surface area contributed by atoms with Gasteiger partial charge in [0.05, 0.1) is 0 Å². The second-order valence-corrected chi connectivity index (χ2v) is 0. The topological polar surface area (TPSA) is 0 Å². The van der Waals surface area contributed by atoms with Crippen LogP contribution in [0.5, 0.6) is 0 Å². The Morgan fingerprint density at radius 3 is 0.750 bits per heavy atom. The average Bonchev–Trinajstić information content (AvgIpc) is 0. The summed E-state index contributed by atoms with van der Waals surface area (Å²) in [7, 11) is 0. The predicted octanol–water partition coefficient (Wildman–Crippen LogP) is -5.95. The van der Waals surface area contributed by atoms with Gasteiger partial charge in [-0.15, -0.1) is 12.4 Å². The Bertz CT molecular complexity index is 3.25. The molecule has 4 heavy (non-hydrogen) atoms. The van der Waals surface area contributed by atoms with Crippen LogP contribution >= 0.6 is 12.4 Å². The molecule has 0 amide bonds. The van der Waals surface area contributed by atoms with Gasteiger partial charge in [0.15, 0.2) is 0 Å². The van der Waals surface area contributed by atoms with Gasteiger partial charge in [0.25, 0.3) is 0 Å². The average molecular weight is 132 g/mol. The minimum absolute atomic E-state index is 0. The van der Waals surface area contributed by atoms with Gasteiger partial charge >= 0.3 is 23.1 Å². The molecule has 0 radical (unpaired) electrons. The molecule has 0 rings (SSSR count). The van der Waals surface area contributed by atoms with Crippen molar-refractivity contribution in [1.82, 2.24) is 0 Å². The number of hydrogen-bond acceptors (Lipinski definition) is 0. The first kappa shape index (κ1) is 45.3. The van der Waals surface area contributed by atoms with E-state index in [2.05, 4.69) is 0 Å². The molecular formula is HCl3Mg. The molecule has 0 N–H and O–H groups in total. The van der Waals surface area contributed by atoms with Crippen molar-refractivity contribution in [3.8, 4) is 0 Å². The SMILES string of the molecule is Cl.[Cl-].[Cl-].[Mg+2]. The molecule has 0 saturated heterocycles. The maximum atomic E-state index is 0. The third-order valence-corrected chi connectivity index (χ3v) is 0. The predicted molar refractivity (Wildman–Crippen MR) is 13.0 cm³/mol. The van der Waals surface area contributed by atoms with Crippen LogP contribution in [0.4, 0.5) is 0 Å². The molecule has 0 saturated carbocycles. The summed E-state index contributed by atoms with van der Waals surface area (Å²) in [5.74, 6) is 0. The van der Waals surface area contributed by atoms with Gasteiger partial charge in [0, 0.05) is 0 Å². The van der Waals surface area contributed by atoms with Gasteiger partial charge in [0.2, 0.25) is 0 Å². The van der Waals surface area contributed by atoms with Crippen molar-refractivity contribution in [1.29, 1.82) is 0 Å². The van der Waals surface area contributed by atoms with Gasteiger partial charge in [0.1, 0.15) is 0 Å². The van der Waals surface area contributed by atoms with E-state index in [4.69, 9.17) is 0 Å². The molecule has 24 valence electrons. The molecule has 4 heteroatoms. The van der Waals surface area contributed by atoms with E-state index >= 15 is 0 Å². The molecule has 0 unspecified atom stereocenters. The summed E-state index contributed by atoms with van der Waals surface area (Å²) in [6.45, 7) is 0. The monoisotopic (exact) mass is 130 g/mol. The first-order valence-electron chi connectivity index (χ1n) is 0. The van der Waals surface area contributed by atoms with E-state index in [9.17, 15) is 0 Å². The molecule has 0 nitrogen and oxygen atoms in total. The van der Waals surface area contributed by atoms with Gasteiger partial charge < -0.3 is 24.8 Å². The van der Waals surface area contributed by atoms with Crippen molar-refractivity contribution in [3.63, 3.8) is 0 Å². The molecule has 0 spiro atoms. The standard InChI is InChI=1S/3ClH.Mg/h3*1H;/q;;;+2/p-2. The van der Waals surface area contributed by atoms with Crippen molar-refractivity contribution >= 4 is 35.5 Å². The Morgan fingerprint density at radius 2 is 0.750 bits per heavy atom. The number of rotatable bonds is 0. The molecule has 0 aliphatic carbocycles. The molecule has 0 heterocycles. The van der Waals surface area contributed by atoms with E-state index in [0.29, 0.717) is 0 Å². The van der Waals surface area contributed by atoms with Gasteiger partial charge in [-0.1, -0.05) is 0 Å². The zero-order valence-corrected chi connectivity index (χ0v) is 5.61. The summed E-state index contributed by atoms with van der Waals surface area (Å²) >= 11 is 0. The van der Waals surface area contributed by atoms with Crippen molar-refractivity contribution < 1.29 is 24.8 Å². The fraction of sp³-hybridized carbons (Fsp3) is 0. The second kappa shape index (κ2) is 22.9. The molecule has 0 aromatic heterocycles. The van der Waals surface area contributed by atoms with Crippen LogP contribution in [0.2, 0.25) is 0 Å². The first-order valence-corrected chi connectivity index (χ1v) is 0. The van der Waals surface area contributed by atoms with E-state index in [1.165, 1.54) is 0 Å². The fourth-order valence-corrected chi connectivity index (χ4v) is 0. The Hall–Kier alpha value is 1.64. The van der Waals surface area contributed by atoms with Crippen LogP contribution in [0.1, 0.15) is 0 Å². The van der Waals surface area contributed by atoms with Crippen LogP contribution in [0.3, 0.4) is 0 Å². The largest absolute Gasteiger partial charge is 2.00 e. The van der Waals surface area contributed by atoms with Gasteiger partial charge in [-0.25, -0.2) is 0 Å². The van der Waals surface area contributed by atoms with Crippen molar-refractivity contribution in [2.75, 3.05) is 0 Å². The minimum Gasteiger partial charge on any atom is -1.00 e. The normalized spacial score (nSPS) is 0. The van der Waals surface area contributed by atoms with Crippen molar-refractivity contribution in [3.05, 3.63) is 0 Å². The third kappa shape index (κ3) is 9.44. The Kier molecular flexibility index (Phi) is 259. The van der Waals surface area contributed by atoms with Gasteiger partial charge in [-0.05, 0) is 0 Å².